The summed E-state index contributed by atoms with van der Waals surface area (Å²) < 4.78 is 0. The molecule has 0 atom stereocenters. The smallest absolute Gasteiger partial charge is 0.0183 e. The average molecular weight is 148 g/mol. The van der Waals surface area contributed by atoms with Gasteiger partial charge in [0.05, 0.1) is 0 Å². The molecule has 1 saturated carbocycles. The topological polar surface area (TPSA) is 12.0 Å². The molecule has 1 radical (unpaired) electrons. The summed E-state index contributed by atoms with van der Waals surface area (Å²) in [5.74, 6) is 0. The van der Waals surface area contributed by atoms with Crippen molar-refractivity contribution in [1.29, 1.82) is 0 Å². The molecular weight excluding hydrogens is 137 g/mol. The maximum Gasteiger partial charge on any atom is 0.0183 e. The average Bonchev–Trinajstić information content (AvgIpc) is 2.15. The van der Waals surface area contributed by atoms with Crippen LogP contribution in [-0.2, 0) is 18.6 Å². The Kier molecular flexibility index (Phi) is 1.71. The number of hydrogen-bond donors (Lipinski definition) is 1. The summed E-state index contributed by atoms with van der Waals surface area (Å²) in [7, 11) is 0. The third-order valence-corrected chi connectivity index (χ3v) is 2.19. The minimum absolute atomic E-state index is 0. The first-order valence-electron chi connectivity index (χ1n) is 3.16. The third kappa shape index (κ3) is 0.951. The molecule has 1 nitrogen and oxygen atoms in total. The van der Waals surface area contributed by atoms with E-state index in [1.165, 1.54) is 32.2 Å². The van der Waals surface area contributed by atoms with E-state index >= 15 is 0 Å². The maximum absolute atomic E-state index is 3.51. The van der Waals surface area contributed by atoms with Gasteiger partial charge in [0.15, 0.2) is 0 Å². The van der Waals surface area contributed by atoms with E-state index in [0.29, 0.717) is 5.54 Å². The fourth-order valence-electron chi connectivity index (χ4n) is 1.45. The van der Waals surface area contributed by atoms with Gasteiger partial charge in [-0.15, -0.1) is 0 Å². The van der Waals surface area contributed by atoms with Gasteiger partial charge in [-0.25, -0.2) is 0 Å². The summed E-state index contributed by atoms with van der Waals surface area (Å²) in [4.78, 5) is 0. The van der Waals surface area contributed by atoms with Gasteiger partial charge in [0.2, 0.25) is 0 Å². The van der Waals surface area contributed by atoms with Gasteiger partial charge in [-0.05, 0) is 32.2 Å². The van der Waals surface area contributed by atoms with Crippen LogP contribution in [0, 0.1) is 0 Å². The van der Waals surface area contributed by atoms with Crippen molar-refractivity contribution in [2.75, 3.05) is 6.54 Å². The summed E-state index contributed by atoms with van der Waals surface area (Å²) in [6.45, 7) is 1.28. The Labute approximate surface area is 62.1 Å². The molecule has 1 N–H and O–H groups in total. The molecule has 1 saturated heterocycles. The first-order chi connectivity index (χ1) is 3.41. The number of rotatable bonds is 0. The molecule has 1 aliphatic heterocycles. The van der Waals surface area contributed by atoms with E-state index in [2.05, 4.69) is 5.32 Å². The van der Waals surface area contributed by atoms with E-state index in [-0.39, 0.29) is 18.6 Å². The first-order valence-corrected chi connectivity index (χ1v) is 3.16. The van der Waals surface area contributed by atoms with Crippen LogP contribution >= 0.6 is 0 Å². The van der Waals surface area contributed by atoms with Crippen molar-refractivity contribution in [3.8, 4) is 0 Å². The van der Waals surface area contributed by atoms with Gasteiger partial charge in [-0.2, -0.15) is 0 Å². The Morgan fingerprint density at radius 3 is 2.12 bits per heavy atom. The second-order valence-corrected chi connectivity index (χ2v) is 2.81. The Morgan fingerprint density at radius 1 is 1.12 bits per heavy atom. The van der Waals surface area contributed by atoms with Crippen molar-refractivity contribution < 1.29 is 18.6 Å². The molecule has 0 aromatic heterocycles. The fourth-order valence-corrected chi connectivity index (χ4v) is 1.45. The van der Waals surface area contributed by atoms with E-state index in [4.69, 9.17) is 0 Å². The zero-order valence-corrected chi connectivity index (χ0v) is 6.38. The number of hydrogen-bond acceptors (Lipinski definition) is 1. The van der Waals surface area contributed by atoms with E-state index < -0.39 is 0 Å². The van der Waals surface area contributed by atoms with Crippen LogP contribution in [0.1, 0.15) is 25.7 Å². The molecule has 2 heteroatoms. The van der Waals surface area contributed by atoms with Gasteiger partial charge in [0.25, 0.3) is 0 Å². The van der Waals surface area contributed by atoms with Crippen LogP contribution in [0.2, 0.25) is 0 Å². The van der Waals surface area contributed by atoms with Crippen molar-refractivity contribution in [1.82, 2.24) is 5.32 Å². The molecule has 2 aliphatic rings. The molecule has 0 aromatic rings. The standard InChI is InChI=1S/C6H11N.V/c1-2-6(3-4-6)7-5-1;/h7H,1-5H2;. The summed E-state index contributed by atoms with van der Waals surface area (Å²) in [6.07, 6.45) is 5.77. The molecule has 0 unspecified atom stereocenters. The summed E-state index contributed by atoms with van der Waals surface area (Å²) >= 11 is 0. The minimum Gasteiger partial charge on any atom is -0.311 e. The van der Waals surface area contributed by atoms with Gasteiger partial charge >= 0.3 is 0 Å². The van der Waals surface area contributed by atoms with E-state index in [1.807, 2.05) is 0 Å². The number of nitrogens with one attached hydrogen (secondary N) is 1. The second kappa shape index (κ2) is 2.05. The van der Waals surface area contributed by atoms with Gasteiger partial charge in [-0.3, -0.25) is 0 Å². The Balaban J connectivity index is 0.000000320. The minimum atomic E-state index is 0. The molecule has 45 valence electrons. The zero-order chi connectivity index (χ0) is 4.74. The molecule has 1 aliphatic carbocycles. The quantitative estimate of drug-likeness (QED) is 0.538. The van der Waals surface area contributed by atoms with Crippen LogP contribution in [0.5, 0.6) is 0 Å². The van der Waals surface area contributed by atoms with E-state index in [1.54, 1.807) is 0 Å². The Bertz CT molecular complexity index is 80.5. The molecule has 2 fully saturated rings. The predicted molar refractivity (Wildman–Crippen MR) is 29.2 cm³/mol. The van der Waals surface area contributed by atoms with E-state index in [0.717, 1.165) is 0 Å². The maximum atomic E-state index is 3.51. The zero-order valence-electron chi connectivity index (χ0n) is 4.98. The van der Waals surface area contributed by atoms with Crippen molar-refractivity contribution in [3.05, 3.63) is 0 Å². The molecule has 1 heterocycles. The fraction of sp³-hybridized carbons (Fsp3) is 1.00. The van der Waals surface area contributed by atoms with Crippen LogP contribution in [0.4, 0.5) is 0 Å². The van der Waals surface area contributed by atoms with Gasteiger partial charge < -0.3 is 5.32 Å². The molecular formula is C6H11NV. The van der Waals surface area contributed by atoms with Crippen molar-refractivity contribution in [2.45, 2.75) is 31.2 Å². The van der Waals surface area contributed by atoms with Crippen molar-refractivity contribution in [2.24, 2.45) is 0 Å². The summed E-state index contributed by atoms with van der Waals surface area (Å²) in [5, 5.41) is 3.51. The van der Waals surface area contributed by atoms with Crippen LogP contribution in [-0.4, -0.2) is 12.1 Å². The van der Waals surface area contributed by atoms with Gasteiger partial charge in [-0.1, -0.05) is 0 Å². The van der Waals surface area contributed by atoms with Crippen LogP contribution in [0.25, 0.3) is 0 Å². The third-order valence-electron chi connectivity index (χ3n) is 2.19. The van der Waals surface area contributed by atoms with Crippen LogP contribution in [0.3, 0.4) is 0 Å². The predicted octanol–water partition coefficient (Wildman–Crippen LogP) is 0.900. The molecule has 0 aromatic carbocycles. The Morgan fingerprint density at radius 2 is 1.88 bits per heavy atom. The van der Waals surface area contributed by atoms with Gasteiger partial charge in [0.1, 0.15) is 0 Å². The summed E-state index contributed by atoms with van der Waals surface area (Å²) in [5.41, 5.74) is 0.694. The largest absolute Gasteiger partial charge is 0.311 e. The SMILES string of the molecule is C1CNC2(C1)CC2.[V]. The summed E-state index contributed by atoms with van der Waals surface area (Å²) in [6, 6.07) is 0. The van der Waals surface area contributed by atoms with Gasteiger partial charge in [0, 0.05) is 24.1 Å². The van der Waals surface area contributed by atoms with Crippen LogP contribution < -0.4 is 5.32 Å². The first kappa shape index (κ1) is 6.66. The van der Waals surface area contributed by atoms with Crippen LogP contribution in [0.15, 0.2) is 0 Å². The Hall–Kier alpha value is 0.544. The van der Waals surface area contributed by atoms with E-state index in [9.17, 15) is 0 Å². The molecule has 1 spiro atoms. The molecule has 2 rings (SSSR count). The second-order valence-electron chi connectivity index (χ2n) is 2.81. The van der Waals surface area contributed by atoms with Crippen molar-refractivity contribution in [3.63, 3.8) is 0 Å². The molecule has 0 amide bonds. The molecule has 0 bridgehead atoms. The monoisotopic (exact) mass is 148 g/mol. The van der Waals surface area contributed by atoms with Crippen molar-refractivity contribution >= 4 is 0 Å². The molecule has 8 heavy (non-hydrogen) atoms. The normalized spacial score (nSPS) is 30.0.